The Labute approximate surface area is 235 Å². The molecule has 0 unspecified atom stereocenters. The molecule has 1 aromatic rings. The number of nitrogens with zero attached hydrogens (tertiary/aromatic N) is 1. The number of benzene rings is 1. The molecule has 3 aliphatic rings. The predicted molar refractivity (Wildman–Crippen MR) is 145 cm³/mol. The van der Waals surface area contributed by atoms with Gasteiger partial charge in [0, 0.05) is 18.1 Å². The first-order valence-electron chi connectivity index (χ1n) is 12.9. The molecule has 1 fully saturated rings. The second-order valence-electron chi connectivity index (χ2n) is 10.3. The number of hydrogen-bond donors (Lipinski definition) is 6. The van der Waals surface area contributed by atoms with Crippen LogP contribution in [0.3, 0.4) is 0 Å². The summed E-state index contributed by atoms with van der Waals surface area (Å²) in [4.78, 5) is 54.2. The van der Waals surface area contributed by atoms with Gasteiger partial charge in [0.25, 0.3) is 5.91 Å². The number of carbonyl (C=O) groups excluding carboxylic acids is 4. The van der Waals surface area contributed by atoms with E-state index in [0.717, 1.165) is 6.42 Å². The van der Waals surface area contributed by atoms with Gasteiger partial charge >= 0.3 is 5.97 Å². The summed E-state index contributed by atoms with van der Waals surface area (Å²) in [5.41, 5.74) is 1.34. The van der Waals surface area contributed by atoms with Gasteiger partial charge in [0.15, 0.2) is 11.4 Å². The molecule has 0 radical (unpaired) electrons. The average molecular weight is 576 g/mol. The van der Waals surface area contributed by atoms with Crippen molar-refractivity contribution in [3.05, 3.63) is 46.2 Å². The maximum atomic E-state index is 14.3. The van der Waals surface area contributed by atoms with Gasteiger partial charge in [0.1, 0.15) is 28.9 Å². The van der Waals surface area contributed by atoms with Crippen LogP contribution >= 0.6 is 11.9 Å². The van der Waals surface area contributed by atoms with Crippen molar-refractivity contribution in [3.8, 4) is 5.75 Å². The Bertz CT molecular complexity index is 1340. The van der Waals surface area contributed by atoms with Crippen LogP contribution in [0.5, 0.6) is 5.75 Å². The molecule has 3 aliphatic carbocycles. The lowest BCUT2D eigenvalue weighted by atomic mass is 9.55. The molecule has 0 bridgehead atoms. The van der Waals surface area contributed by atoms with Gasteiger partial charge in [-0.1, -0.05) is 37.9 Å². The van der Waals surface area contributed by atoms with Gasteiger partial charge < -0.3 is 30.9 Å². The van der Waals surface area contributed by atoms with Crippen LogP contribution in [0.1, 0.15) is 43.9 Å². The normalized spacial score (nSPS) is 29.7. The molecule has 216 valence electrons. The van der Waals surface area contributed by atoms with Crippen molar-refractivity contribution in [2.75, 3.05) is 19.8 Å². The number of amides is 1. The SMILES string of the molecule is CCCSN[C@H]1c2cccc(O)c2C(O)=C2C(=O)[C@]3(O)C(O)=C(C(N)=O)C(=O)[C@@H](N(C)C)[C@@H]3[C@@H](OC(=O)CC)[C@@H]21. The smallest absolute Gasteiger partial charge is 0.305 e. The number of likely N-dealkylation sites (N-methyl/N-ethyl adjacent to an activating group) is 1. The number of hydrogen-bond acceptors (Lipinski definition) is 12. The summed E-state index contributed by atoms with van der Waals surface area (Å²) in [6, 6.07) is 2.22. The molecule has 7 N–H and O–H groups in total. The molecule has 1 saturated carbocycles. The van der Waals surface area contributed by atoms with Crippen molar-refractivity contribution < 1.29 is 44.3 Å². The first-order valence-corrected chi connectivity index (χ1v) is 13.9. The van der Waals surface area contributed by atoms with E-state index in [2.05, 4.69) is 4.72 Å². The molecule has 0 saturated heterocycles. The van der Waals surface area contributed by atoms with Crippen molar-refractivity contribution in [1.82, 2.24) is 9.62 Å². The van der Waals surface area contributed by atoms with Crippen LogP contribution in [0.15, 0.2) is 35.1 Å². The van der Waals surface area contributed by atoms with Gasteiger partial charge in [-0.2, -0.15) is 0 Å². The number of aliphatic hydroxyl groups is 3. The third-order valence-electron chi connectivity index (χ3n) is 7.70. The van der Waals surface area contributed by atoms with E-state index in [1.807, 2.05) is 6.92 Å². The molecule has 4 rings (SSSR count). The second kappa shape index (κ2) is 10.9. The lowest BCUT2D eigenvalue weighted by Gasteiger charge is -2.54. The predicted octanol–water partition coefficient (Wildman–Crippen LogP) is 1.04. The Kier molecular flexibility index (Phi) is 8.05. The van der Waals surface area contributed by atoms with Crippen LogP contribution < -0.4 is 10.5 Å². The summed E-state index contributed by atoms with van der Waals surface area (Å²) in [6.45, 7) is 3.50. The number of ketones is 2. The average Bonchev–Trinajstić information content (AvgIpc) is 2.89. The van der Waals surface area contributed by atoms with Gasteiger partial charge in [-0.05, 0) is 32.1 Å². The number of nitrogens with one attached hydrogen (secondary N) is 1. The fraction of sp³-hybridized carbons (Fsp3) is 0.481. The second-order valence-corrected chi connectivity index (χ2v) is 11.2. The summed E-state index contributed by atoms with van der Waals surface area (Å²) in [6.07, 6.45) is -0.769. The van der Waals surface area contributed by atoms with Crippen molar-refractivity contribution in [2.45, 2.75) is 50.5 Å². The first kappa shape index (κ1) is 29.6. The number of aromatic hydroxyl groups is 1. The summed E-state index contributed by atoms with van der Waals surface area (Å²) >= 11 is 1.31. The van der Waals surface area contributed by atoms with E-state index < -0.39 is 81.7 Å². The minimum atomic E-state index is -2.98. The van der Waals surface area contributed by atoms with E-state index in [-0.39, 0.29) is 17.7 Å². The zero-order valence-electron chi connectivity index (χ0n) is 22.5. The summed E-state index contributed by atoms with van der Waals surface area (Å²) in [5.74, 6) is -8.67. The third kappa shape index (κ3) is 4.28. The van der Waals surface area contributed by atoms with E-state index >= 15 is 0 Å². The number of aliphatic hydroxyl groups excluding tert-OH is 2. The van der Waals surface area contributed by atoms with Gasteiger partial charge in [-0.25, -0.2) is 0 Å². The monoisotopic (exact) mass is 575 g/mol. The Balaban J connectivity index is 2.10. The molecule has 13 heteroatoms. The Morgan fingerprint density at radius 3 is 2.42 bits per heavy atom. The number of rotatable bonds is 8. The van der Waals surface area contributed by atoms with Crippen molar-refractivity contribution >= 4 is 41.2 Å². The maximum Gasteiger partial charge on any atom is 0.305 e. The van der Waals surface area contributed by atoms with E-state index in [9.17, 15) is 39.6 Å². The minimum Gasteiger partial charge on any atom is -0.508 e. The zero-order valence-corrected chi connectivity index (χ0v) is 23.3. The summed E-state index contributed by atoms with van der Waals surface area (Å²) < 4.78 is 9.12. The largest absolute Gasteiger partial charge is 0.508 e. The van der Waals surface area contributed by atoms with Crippen molar-refractivity contribution in [1.29, 1.82) is 0 Å². The molecular weight excluding hydrogens is 542 g/mol. The molecule has 0 aliphatic heterocycles. The van der Waals surface area contributed by atoms with Gasteiger partial charge in [0.2, 0.25) is 5.78 Å². The quantitative estimate of drug-likeness (QED) is 0.112. The highest BCUT2D eigenvalue weighted by Crippen LogP contribution is 2.56. The molecule has 0 heterocycles. The number of nitrogens with two attached hydrogens (primary N) is 1. The van der Waals surface area contributed by atoms with Crippen molar-refractivity contribution in [2.24, 2.45) is 17.6 Å². The lowest BCUT2D eigenvalue weighted by Crippen LogP contribution is -2.71. The number of phenolic OH excluding ortho intramolecular Hbond substituents is 1. The lowest BCUT2D eigenvalue weighted by molar-refractivity contribution is -0.185. The van der Waals surface area contributed by atoms with Crippen LogP contribution in [0, 0.1) is 11.8 Å². The van der Waals surface area contributed by atoms with E-state index in [1.54, 1.807) is 12.1 Å². The van der Waals surface area contributed by atoms with Gasteiger partial charge in [-0.15, -0.1) is 0 Å². The Morgan fingerprint density at radius 1 is 1.18 bits per heavy atom. The van der Waals surface area contributed by atoms with Gasteiger partial charge in [-0.3, -0.25) is 28.8 Å². The minimum absolute atomic E-state index is 0.0750. The summed E-state index contributed by atoms with van der Waals surface area (Å²) in [5, 5.41) is 45.4. The third-order valence-corrected chi connectivity index (χ3v) is 8.74. The first-order chi connectivity index (χ1) is 18.8. The van der Waals surface area contributed by atoms with Crippen molar-refractivity contribution in [3.63, 3.8) is 0 Å². The van der Waals surface area contributed by atoms with E-state index in [1.165, 1.54) is 43.9 Å². The highest BCUT2D eigenvalue weighted by Gasteiger charge is 2.70. The van der Waals surface area contributed by atoms with Gasteiger partial charge in [0.05, 0.1) is 29.1 Å². The zero-order chi connectivity index (χ0) is 29.7. The van der Waals surface area contributed by atoms with Crippen LogP contribution in [-0.4, -0.2) is 86.4 Å². The molecule has 40 heavy (non-hydrogen) atoms. The van der Waals surface area contributed by atoms with E-state index in [4.69, 9.17) is 10.5 Å². The highest BCUT2D eigenvalue weighted by molar-refractivity contribution is 7.97. The fourth-order valence-corrected chi connectivity index (χ4v) is 6.79. The molecule has 1 amide bonds. The number of Topliss-reactive ketones (excluding diaryl/α,β-unsaturated/α-hetero) is 2. The number of primary amides is 1. The number of carbonyl (C=O) groups is 4. The van der Waals surface area contributed by atoms with E-state index in [0.29, 0.717) is 11.3 Å². The molecular formula is C27H33N3O9S. The van der Waals surface area contributed by atoms with Crippen LogP contribution in [0.25, 0.3) is 5.76 Å². The number of esters is 1. The molecule has 6 atom stereocenters. The van der Waals surface area contributed by atoms with Crippen LogP contribution in [0.4, 0.5) is 0 Å². The Morgan fingerprint density at radius 2 is 1.85 bits per heavy atom. The molecule has 1 aromatic carbocycles. The number of fused-ring (bicyclic) bond motifs is 3. The molecule has 0 spiro atoms. The molecule has 12 nitrogen and oxygen atoms in total. The number of ether oxygens (including phenoxy) is 1. The number of phenols is 1. The van der Waals surface area contributed by atoms with Crippen LogP contribution in [0.2, 0.25) is 0 Å². The summed E-state index contributed by atoms with van der Waals surface area (Å²) in [7, 11) is 2.94. The fourth-order valence-electron chi connectivity index (χ4n) is 6.01. The maximum absolute atomic E-state index is 14.3. The van der Waals surface area contributed by atoms with Crippen LogP contribution in [-0.2, 0) is 23.9 Å². The Hall–Kier alpha value is -3.39. The standard InChI is InChI=1S/C27H33N3O9S/c1-5-10-40-29-19-11-8-7-9-12(31)14(11)21(33)16-15(19)23(39-13(32)6-2)18-20(30(3)4)22(34)17(26(28)37)25(36)27(18,38)24(16)35/h7-9,15,18-20,23,29,31,33,36,38H,5-6,10H2,1-4H3,(H2,28,37)/t15-,18+,19-,20-,23-,27-/m0/s1. The highest BCUT2D eigenvalue weighted by atomic mass is 32.2. The molecule has 0 aromatic heterocycles. The topological polar surface area (TPSA) is 200 Å².